The molecule has 164 valence electrons. The molecule has 0 saturated carbocycles. The Kier molecular flexibility index (Phi) is 8.55. The Balaban J connectivity index is 1.59. The number of hydrogen-bond donors (Lipinski definition) is 1. The van der Waals surface area contributed by atoms with Crippen molar-refractivity contribution in [2.45, 2.75) is 51.4 Å². The molecule has 2 aromatic rings. The van der Waals surface area contributed by atoms with Crippen molar-refractivity contribution in [1.29, 1.82) is 0 Å². The molecule has 0 aromatic heterocycles. The quantitative estimate of drug-likeness (QED) is 0.597. The Morgan fingerprint density at radius 1 is 1.10 bits per heavy atom. The molecule has 5 nitrogen and oxygen atoms in total. The van der Waals surface area contributed by atoms with Gasteiger partial charge in [0.1, 0.15) is 12.7 Å². The minimum absolute atomic E-state index is 0.217. The topological polar surface area (TPSA) is 51.2 Å². The average Bonchev–Trinajstić information content (AvgIpc) is 3.26. The van der Waals surface area contributed by atoms with Crippen LogP contribution in [-0.2, 0) is 11.3 Å². The van der Waals surface area contributed by atoms with E-state index in [1.807, 2.05) is 24.3 Å². The first-order valence-electron chi connectivity index (χ1n) is 10.9. The van der Waals surface area contributed by atoms with E-state index in [9.17, 15) is 5.11 Å². The Morgan fingerprint density at radius 3 is 2.47 bits per heavy atom. The largest absolute Gasteiger partial charge is 0.493 e. The molecule has 30 heavy (non-hydrogen) atoms. The van der Waals surface area contributed by atoms with E-state index in [1.54, 1.807) is 7.11 Å². The summed E-state index contributed by atoms with van der Waals surface area (Å²) in [6.07, 6.45) is 1.83. The van der Waals surface area contributed by atoms with Crippen LogP contribution in [-0.4, -0.2) is 55.6 Å². The van der Waals surface area contributed by atoms with Gasteiger partial charge in [0.2, 0.25) is 0 Å². The fourth-order valence-corrected chi connectivity index (χ4v) is 3.82. The molecule has 0 aliphatic carbocycles. The van der Waals surface area contributed by atoms with Gasteiger partial charge in [0.15, 0.2) is 11.5 Å². The van der Waals surface area contributed by atoms with Gasteiger partial charge in [-0.15, -0.1) is 0 Å². The van der Waals surface area contributed by atoms with Gasteiger partial charge in [0.05, 0.1) is 13.2 Å². The summed E-state index contributed by atoms with van der Waals surface area (Å²) in [5, 5.41) is 10.7. The van der Waals surface area contributed by atoms with Gasteiger partial charge in [-0.1, -0.05) is 50.2 Å². The lowest BCUT2D eigenvalue weighted by Gasteiger charge is -2.27. The van der Waals surface area contributed by atoms with Gasteiger partial charge in [-0.25, -0.2) is 0 Å². The molecular formula is C25H35NO4. The standard InChI is InChI=1S/C25H35NO4/c1-19(2)21-12-10-20(11-13-21)15-26(17-23-7-6-14-29-23)16-22(27)18-30-25-9-5-4-8-24(25)28-3/h4-5,8-13,19,22-23,27H,6-7,14-18H2,1-3H3. The smallest absolute Gasteiger partial charge is 0.161 e. The minimum Gasteiger partial charge on any atom is -0.493 e. The highest BCUT2D eigenvalue weighted by Crippen LogP contribution is 2.26. The van der Waals surface area contributed by atoms with Gasteiger partial charge in [-0.2, -0.15) is 0 Å². The van der Waals surface area contributed by atoms with Crippen molar-refractivity contribution >= 4 is 0 Å². The monoisotopic (exact) mass is 413 g/mol. The first kappa shape index (κ1) is 22.6. The maximum absolute atomic E-state index is 10.7. The van der Waals surface area contributed by atoms with Gasteiger partial charge in [-0.05, 0) is 42.0 Å². The molecule has 2 aromatic carbocycles. The van der Waals surface area contributed by atoms with Crippen LogP contribution in [0.1, 0.15) is 43.7 Å². The summed E-state index contributed by atoms with van der Waals surface area (Å²) in [5.74, 6) is 1.84. The van der Waals surface area contributed by atoms with Crippen molar-refractivity contribution in [2.75, 3.05) is 33.4 Å². The first-order valence-corrected chi connectivity index (χ1v) is 10.9. The van der Waals surface area contributed by atoms with Crippen molar-refractivity contribution < 1.29 is 19.3 Å². The predicted octanol–water partition coefficient (Wildman–Crippen LogP) is 4.24. The molecule has 1 aliphatic heterocycles. The van der Waals surface area contributed by atoms with Gasteiger partial charge < -0.3 is 19.3 Å². The summed E-state index contributed by atoms with van der Waals surface area (Å²) in [5.41, 5.74) is 2.59. The predicted molar refractivity (Wildman–Crippen MR) is 119 cm³/mol. The lowest BCUT2D eigenvalue weighted by molar-refractivity contribution is 0.0310. The van der Waals surface area contributed by atoms with Gasteiger partial charge in [0.25, 0.3) is 0 Å². The fraction of sp³-hybridized carbons (Fsp3) is 0.520. The number of para-hydroxylation sites is 2. The van der Waals surface area contributed by atoms with E-state index >= 15 is 0 Å². The number of methoxy groups -OCH3 is 1. The number of nitrogens with zero attached hydrogens (tertiary/aromatic N) is 1. The molecule has 0 radical (unpaired) electrons. The number of aliphatic hydroxyl groups is 1. The summed E-state index contributed by atoms with van der Waals surface area (Å²) in [7, 11) is 1.62. The van der Waals surface area contributed by atoms with Crippen molar-refractivity contribution in [1.82, 2.24) is 4.90 Å². The molecule has 3 rings (SSSR count). The average molecular weight is 414 g/mol. The van der Waals surface area contributed by atoms with Crippen LogP contribution in [0.2, 0.25) is 0 Å². The van der Waals surface area contributed by atoms with Crippen LogP contribution >= 0.6 is 0 Å². The Labute approximate surface area is 180 Å². The Bertz CT molecular complexity index is 756. The second-order valence-electron chi connectivity index (χ2n) is 8.34. The maximum Gasteiger partial charge on any atom is 0.161 e. The molecule has 5 heteroatoms. The molecule has 0 amide bonds. The lowest BCUT2D eigenvalue weighted by Crippen LogP contribution is -2.39. The first-order chi connectivity index (χ1) is 14.5. The molecule has 2 unspecified atom stereocenters. The number of rotatable bonds is 11. The molecule has 1 aliphatic rings. The van der Waals surface area contributed by atoms with Crippen LogP contribution in [0.5, 0.6) is 11.5 Å². The fourth-order valence-electron chi connectivity index (χ4n) is 3.82. The van der Waals surface area contributed by atoms with E-state index in [0.29, 0.717) is 24.0 Å². The van der Waals surface area contributed by atoms with Crippen LogP contribution in [0.3, 0.4) is 0 Å². The number of hydrogen-bond acceptors (Lipinski definition) is 5. The molecule has 0 spiro atoms. The van der Waals surface area contributed by atoms with Crippen molar-refractivity contribution in [3.8, 4) is 11.5 Å². The molecule has 1 fully saturated rings. The maximum atomic E-state index is 10.7. The zero-order valence-corrected chi connectivity index (χ0v) is 18.4. The lowest BCUT2D eigenvalue weighted by atomic mass is 10.0. The van der Waals surface area contributed by atoms with Crippen LogP contribution in [0.25, 0.3) is 0 Å². The summed E-state index contributed by atoms with van der Waals surface area (Å²) < 4.78 is 17.0. The highest BCUT2D eigenvalue weighted by atomic mass is 16.5. The summed E-state index contributed by atoms with van der Waals surface area (Å²) in [6, 6.07) is 16.3. The molecule has 1 heterocycles. The van der Waals surface area contributed by atoms with Crippen molar-refractivity contribution in [3.63, 3.8) is 0 Å². The van der Waals surface area contributed by atoms with E-state index in [4.69, 9.17) is 14.2 Å². The normalized spacial score (nSPS) is 17.5. The second kappa shape index (κ2) is 11.3. The second-order valence-corrected chi connectivity index (χ2v) is 8.34. The number of ether oxygens (including phenoxy) is 3. The van der Waals surface area contributed by atoms with Crippen molar-refractivity contribution in [3.05, 3.63) is 59.7 Å². The van der Waals surface area contributed by atoms with E-state index in [1.165, 1.54) is 11.1 Å². The van der Waals surface area contributed by atoms with E-state index < -0.39 is 6.10 Å². The Hall–Kier alpha value is -2.08. The minimum atomic E-state index is -0.605. The molecule has 2 atom stereocenters. The van der Waals surface area contributed by atoms with Crippen molar-refractivity contribution in [2.24, 2.45) is 0 Å². The van der Waals surface area contributed by atoms with Crippen LogP contribution < -0.4 is 9.47 Å². The van der Waals surface area contributed by atoms with Crippen LogP contribution in [0, 0.1) is 0 Å². The van der Waals surface area contributed by atoms with Gasteiger partial charge >= 0.3 is 0 Å². The van der Waals surface area contributed by atoms with Crippen LogP contribution in [0.15, 0.2) is 48.5 Å². The number of aliphatic hydroxyl groups excluding tert-OH is 1. The highest BCUT2D eigenvalue weighted by molar-refractivity contribution is 5.39. The van der Waals surface area contributed by atoms with Gasteiger partial charge in [0, 0.05) is 26.2 Å². The third-order valence-electron chi connectivity index (χ3n) is 5.51. The van der Waals surface area contributed by atoms with Gasteiger partial charge in [-0.3, -0.25) is 4.90 Å². The van der Waals surface area contributed by atoms with E-state index in [-0.39, 0.29) is 12.7 Å². The molecule has 0 bridgehead atoms. The zero-order valence-electron chi connectivity index (χ0n) is 18.4. The summed E-state index contributed by atoms with van der Waals surface area (Å²) in [6.45, 7) is 7.59. The molecule has 1 N–H and O–H groups in total. The zero-order chi connectivity index (χ0) is 21.3. The molecular weight excluding hydrogens is 378 g/mol. The van der Waals surface area contributed by atoms with Crippen LogP contribution in [0.4, 0.5) is 0 Å². The molecule has 1 saturated heterocycles. The summed E-state index contributed by atoms with van der Waals surface area (Å²) >= 11 is 0. The SMILES string of the molecule is COc1ccccc1OCC(O)CN(Cc1ccc(C(C)C)cc1)CC1CCCO1. The number of benzene rings is 2. The van der Waals surface area contributed by atoms with E-state index in [0.717, 1.165) is 32.5 Å². The third kappa shape index (κ3) is 6.73. The summed E-state index contributed by atoms with van der Waals surface area (Å²) in [4.78, 5) is 2.27. The Morgan fingerprint density at radius 2 is 1.83 bits per heavy atom. The highest BCUT2D eigenvalue weighted by Gasteiger charge is 2.22. The third-order valence-corrected chi connectivity index (χ3v) is 5.51. The van der Waals surface area contributed by atoms with E-state index in [2.05, 4.69) is 43.0 Å².